The third kappa shape index (κ3) is 3.35. The van der Waals surface area contributed by atoms with Gasteiger partial charge in [0.15, 0.2) is 5.65 Å². The predicted molar refractivity (Wildman–Crippen MR) is 125 cm³/mol. The summed E-state index contributed by atoms with van der Waals surface area (Å²) in [5.74, 6) is 0.148. The molecule has 1 aromatic carbocycles. The normalized spacial score (nSPS) is 16.0. The van der Waals surface area contributed by atoms with Crippen LogP contribution in [0.25, 0.3) is 27.8 Å². The highest BCUT2D eigenvalue weighted by atomic mass is 15.3. The average molecular weight is 424 g/mol. The van der Waals surface area contributed by atoms with Crippen LogP contribution >= 0.6 is 0 Å². The van der Waals surface area contributed by atoms with Crippen molar-refractivity contribution in [2.24, 2.45) is 0 Å². The molecular formula is C25H25N7. The van der Waals surface area contributed by atoms with Crippen molar-refractivity contribution in [1.82, 2.24) is 34.7 Å². The van der Waals surface area contributed by atoms with E-state index in [4.69, 9.17) is 5.10 Å². The maximum absolute atomic E-state index is 4.95. The molecule has 7 heteroatoms. The highest BCUT2D eigenvalue weighted by molar-refractivity contribution is 5.79. The topological polar surface area (TPSA) is 72.9 Å². The molecule has 0 radical (unpaired) electrons. The van der Waals surface area contributed by atoms with Crippen LogP contribution in [-0.2, 0) is 0 Å². The zero-order valence-corrected chi connectivity index (χ0v) is 18.0. The lowest BCUT2D eigenvalue weighted by Gasteiger charge is -2.22. The molecule has 1 atom stereocenters. The second-order valence-electron chi connectivity index (χ2n) is 8.54. The Morgan fingerprint density at radius 3 is 2.84 bits per heavy atom. The van der Waals surface area contributed by atoms with Gasteiger partial charge in [0.05, 0.1) is 35.3 Å². The first-order chi connectivity index (χ1) is 15.8. The molecule has 0 spiro atoms. The zero-order chi connectivity index (χ0) is 21.5. The van der Waals surface area contributed by atoms with Gasteiger partial charge in [0.25, 0.3) is 0 Å². The van der Waals surface area contributed by atoms with Gasteiger partial charge >= 0.3 is 0 Å². The van der Waals surface area contributed by atoms with E-state index in [0.717, 1.165) is 59.4 Å². The molecule has 0 aliphatic carbocycles. The Labute approximate surface area is 186 Å². The first kappa shape index (κ1) is 19.1. The Bertz CT molecular complexity index is 1390. The second-order valence-corrected chi connectivity index (χ2v) is 8.54. The van der Waals surface area contributed by atoms with E-state index in [9.17, 15) is 0 Å². The summed E-state index contributed by atoms with van der Waals surface area (Å²) >= 11 is 0. The number of nitrogens with zero attached hydrogens (tertiary/aromatic N) is 6. The second kappa shape index (κ2) is 7.84. The van der Waals surface area contributed by atoms with Crippen LogP contribution in [0.5, 0.6) is 0 Å². The lowest BCUT2D eigenvalue weighted by molar-refractivity contribution is 0.343. The lowest BCUT2D eigenvalue weighted by atomic mass is 9.97. The quantitative estimate of drug-likeness (QED) is 0.469. The molecule has 0 unspecified atom stereocenters. The lowest BCUT2D eigenvalue weighted by Crippen LogP contribution is -2.29. The van der Waals surface area contributed by atoms with E-state index in [0.29, 0.717) is 6.04 Å². The molecule has 5 aromatic rings. The Morgan fingerprint density at radius 1 is 1.03 bits per heavy atom. The molecule has 0 amide bonds. The van der Waals surface area contributed by atoms with E-state index in [2.05, 4.69) is 62.5 Å². The monoisotopic (exact) mass is 423 g/mol. The summed E-state index contributed by atoms with van der Waals surface area (Å²) in [5.41, 5.74) is 6.09. The van der Waals surface area contributed by atoms with Crippen LogP contribution in [0, 0.1) is 0 Å². The number of benzene rings is 1. The Hall–Kier alpha value is -3.58. The number of aromatic nitrogens is 6. The highest BCUT2D eigenvalue weighted by Crippen LogP contribution is 2.28. The zero-order valence-electron chi connectivity index (χ0n) is 18.0. The maximum Gasteiger partial charge on any atom is 0.153 e. The maximum atomic E-state index is 4.95. The SMILES string of the molecule is C[C@@H](c1ccc2ncccc2c1)c1cnc2ccc(-c3cnn(C4CCNCC4)c3)nn12. The van der Waals surface area contributed by atoms with Crippen molar-refractivity contribution < 1.29 is 0 Å². The molecule has 160 valence electrons. The van der Waals surface area contributed by atoms with Gasteiger partial charge in [-0.05, 0) is 61.8 Å². The summed E-state index contributed by atoms with van der Waals surface area (Å²) in [6.07, 6.45) is 10.0. The number of imidazole rings is 1. The van der Waals surface area contributed by atoms with Crippen molar-refractivity contribution in [3.63, 3.8) is 0 Å². The van der Waals surface area contributed by atoms with Gasteiger partial charge < -0.3 is 5.32 Å². The van der Waals surface area contributed by atoms with E-state index in [1.807, 2.05) is 41.3 Å². The van der Waals surface area contributed by atoms with Crippen molar-refractivity contribution in [2.75, 3.05) is 13.1 Å². The fraction of sp³-hybridized carbons (Fsp3) is 0.280. The smallest absolute Gasteiger partial charge is 0.153 e. The third-order valence-corrected chi connectivity index (χ3v) is 6.54. The number of hydrogen-bond acceptors (Lipinski definition) is 5. The summed E-state index contributed by atoms with van der Waals surface area (Å²) in [6.45, 7) is 4.29. The third-order valence-electron chi connectivity index (χ3n) is 6.54. The van der Waals surface area contributed by atoms with Crippen LogP contribution < -0.4 is 5.32 Å². The van der Waals surface area contributed by atoms with Gasteiger partial charge in [-0.1, -0.05) is 19.1 Å². The number of rotatable bonds is 4. The van der Waals surface area contributed by atoms with Crippen molar-refractivity contribution in [3.8, 4) is 11.3 Å². The molecule has 32 heavy (non-hydrogen) atoms. The molecule has 6 rings (SSSR count). The van der Waals surface area contributed by atoms with Crippen molar-refractivity contribution >= 4 is 16.6 Å². The van der Waals surface area contributed by atoms with Crippen LogP contribution in [0.3, 0.4) is 0 Å². The van der Waals surface area contributed by atoms with Gasteiger partial charge in [0.1, 0.15) is 0 Å². The minimum absolute atomic E-state index is 0.148. The molecule has 1 saturated heterocycles. The molecule has 0 saturated carbocycles. The standard InChI is InChI=1S/C25H25N7/c1-17(18-4-5-22-19(13-18)3-2-10-27-22)24-15-28-25-7-6-23(30-32(24)25)20-14-29-31(16-20)21-8-11-26-12-9-21/h2-7,10,13-17,21,26H,8-9,11-12H2,1H3/t17-/m0/s1. The van der Waals surface area contributed by atoms with Gasteiger partial charge in [-0.15, -0.1) is 0 Å². The van der Waals surface area contributed by atoms with Gasteiger partial charge in [0.2, 0.25) is 0 Å². The number of pyridine rings is 1. The average Bonchev–Trinajstić information content (AvgIpc) is 3.51. The minimum Gasteiger partial charge on any atom is -0.317 e. The minimum atomic E-state index is 0.148. The molecule has 1 fully saturated rings. The van der Waals surface area contributed by atoms with Crippen molar-refractivity contribution in [1.29, 1.82) is 0 Å². The summed E-state index contributed by atoms with van der Waals surface area (Å²) in [4.78, 5) is 9.04. The number of piperidine rings is 1. The fourth-order valence-electron chi connectivity index (χ4n) is 4.62. The van der Waals surface area contributed by atoms with Crippen LogP contribution in [0.15, 0.2) is 67.3 Å². The van der Waals surface area contributed by atoms with E-state index in [-0.39, 0.29) is 5.92 Å². The fourth-order valence-corrected chi connectivity index (χ4v) is 4.62. The van der Waals surface area contributed by atoms with Crippen LogP contribution in [0.2, 0.25) is 0 Å². The van der Waals surface area contributed by atoms with E-state index in [1.165, 1.54) is 5.56 Å². The van der Waals surface area contributed by atoms with Gasteiger partial charge in [-0.3, -0.25) is 9.67 Å². The molecule has 1 aliphatic rings. The first-order valence-electron chi connectivity index (χ1n) is 11.2. The highest BCUT2D eigenvalue weighted by Gasteiger charge is 2.18. The van der Waals surface area contributed by atoms with Crippen LogP contribution in [0.1, 0.15) is 43.0 Å². The van der Waals surface area contributed by atoms with Crippen molar-refractivity contribution in [3.05, 3.63) is 78.5 Å². The molecule has 1 aliphatic heterocycles. The summed E-state index contributed by atoms with van der Waals surface area (Å²) in [5, 5.41) is 14.1. The summed E-state index contributed by atoms with van der Waals surface area (Å²) in [7, 11) is 0. The van der Waals surface area contributed by atoms with Crippen LogP contribution in [0.4, 0.5) is 0 Å². The molecule has 7 nitrogen and oxygen atoms in total. The predicted octanol–water partition coefficient (Wildman–Crippen LogP) is 4.22. The largest absolute Gasteiger partial charge is 0.317 e. The first-order valence-corrected chi connectivity index (χ1v) is 11.2. The molecule has 5 heterocycles. The number of hydrogen-bond donors (Lipinski definition) is 1. The molecule has 0 bridgehead atoms. The van der Waals surface area contributed by atoms with E-state index < -0.39 is 0 Å². The van der Waals surface area contributed by atoms with Crippen LogP contribution in [-0.4, -0.2) is 42.5 Å². The Balaban J connectivity index is 1.35. The van der Waals surface area contributed by atoms with Gasteiger partial charge in [-0.2, -0.15) is 10.2 Å². The number of fused-ring (bicyclic) bond motifs is 2. The summed E-state index contributed by atoms with van der Waals surface area (Å²) < 4.78 is 4.07. The molecule has 1 N–H and O–H groups in total. The number of nitrogens with one attached hydrogen (secondary N) is 1. The van der Waals surface area contributed by atoms with E-state index in [1.54, 1.807) is 0 Å². The van der Waals surface area contributed by atoms with Crippen molar-refractivity contribution in [2.45, 2.75) is 31.7 Å². The summed E-state index contributed by atoms with van der Waals surface area (Å²) in [6, 6.07) is 15.0. The van der Waals surface area contributed by atoms with Gasteiger partial charge in [0, 0.05) is 29.3 Å². The van der Waals surface area contributed by atoms with Gasteiger partial charge in [-0.25, -0.2) is 9.50 Å². The van der Waals surface area contributed by atoms with E-state index >= 15 is 0 Å². The molecular weight excluding hydrogens is 398 g/mol. The Kier molecular flexibility index (Phi) is 4.69. The molecule has 4 aromatic heterocycles. The Morgan fingerprint density at radius 2 is 1.94 bits per heavy atom.